The summed E-state index contributed by atoms with van der Waals surface area (Å²) < 4.78 is 6.35. The Morgan fingerprint density at radius 2 is 1.72 bits per heavy atom. The quantitative estimate of drug-likeness (QED) is 0.301. The molecule has 4 nitrogen and oxygen atoms in total. The third-order valence-corrected chi connectivity index (χ3v) is 6.62. The van der Waals surface area contributed by atoms with Gasteiger partial charge in [-0.05, 0) is 54.1 Å². The summed E-state index contributed by atoms with van der Waals surface area (Å²) in [6, 6.07) is 23.0. The van der Waals surface area contributed by atoms with Crippen molar-refractivity contribution in [3.8, 4) is 5.75 Å². The first-order valence-corrected chi connectivity index (χ1v) is 11.5. The molecular weight excluding hydrogens is 460 g/mol. The van der Waals surface area contributed by atoms with E-state index in [2.05, 4.69) is 0 Å². The highest BCUT2D eigenvalue weighted by Gasteiger charge is 2.33. The van der Waals surface area contributed by atoms with Gasteiger partial charge < -0.3 is 9.64 Å². The number of benzene rings is 3. The summed E-state index contributed by atoms with van der Waals surface area (Å²) in [4.78, 5) is 17.2. The van der Waals surface area contributed by atoms with Gasteiger partial charge in [0.25, 0.3) is 5.91 Å². The molecular formula is C25H21ClN2O2S2. The van der Waals surface area contributed by atoms with E-state index in [0.717, 1.165) is 28.3 Å². The zero-order valence-corrected chi connectivity index (χ0v) is 20.0. The average molecular weight is 481 g/mol. The van der Waals surface area contributed by atoms with Crippen LogP contribution in [0.3, 0.4) is 0 Å². The van der Waals surface area contributed by atoms with E-state index in [1.807, 2.05) is 97.9 Å². The van der Waals surface area contributed by atoms with Crippen molar-refractivity contribution < 1.29 is 9.53 Å². The maximum Gasteiger partial charge on any atom is 0.270 e. The normalized spacial score (nSPS) is 14.8. The van der Waals surface area contributed by atoms with Crippen LogP contribution >= 0.6 is 35.6 Å². The van der Waals surface area contributed by atoms with Gasteiger partial charge in [-0.3, -0.25) is 9.69 Å². The van der Waals surface area contributed by atoms with E-state index >= 15 is 0 Å². The number of thiocarbonyl (C=S) groups is 1. The van der Waals surface area contributed by atoms with E-state index in [1.165, 1.54) is 11.8 Å². The standard InChI is InChI=1S/C25H21ClN2O2S2/c1-27(2)19-9-11-20(12-10-19)28-24(29)23(32-25(28)31)15-17-7-13-21(14-8-17)30-16-18-5-3-4-6-22(18)26/h3-15H,16H2,1-2H3/b23-15+. The maximum absolute atomic E-state index is 13.0. The molecule has 4 rings (SSSR count). The monoisotopic (exact) mass is 480 g/mol. The molecule has 0 spiro atoms. The summed E-state index contributed by atoms with van der Waals surface area (Å²) in [5, 5.41) is 0.683. The zero-order chi connectivity index (χ0) is 22.7. The fourth-order valence-electron chi connectivity index (χ4n) is 3.18. The smallest absolute Gasteiger partial charge is 0.270 e. The van der Waals surface area contributed by atoms with Crippen molar-refractivity contribution in [1.82, 2.24) is 0 Å². The predicted molar refractivity (Wildman–Crippen MR) is 139 cm³/mol. The van der Waals surface area contributed by atoms with Crippen LogP contribution in [0, 0.1) is 0 Å². The van der Waals surface area contributed by atoms with Crippen LogP contribution in [0.4, 0.5) is 11.4 Å². The number of rotatable bonds is 6. The first-order chi connectivity index (χ1) is 15.4. The lowest BCUT2D eigenvalue weighted by Crippen LogP contribution is -2.27. The van der Waals surface area contributed by atoms with Crippen LogP contribution in [0.1, 0.15) is 11.1 Å². The summed E-state index contributed by atoms with van der Waals surface area (Å²) in [6.07, 6.45) is 1.85. The van der Waals surface area contributed by atoms with Gasteiger partial charge in [0.1, 0.15) is 12.4 Å². The number of anilines is 2. The predicted octanol–water partition coefficient (Wildman–Crippen LogP) is 6.39. The molecule has 0 unspecified atom stereocenters. The SMILES string of the molecule is CN(C)c1ccc(N2C(=O)/C(=C\c3ccc(OCc4ccccc4Cl)cc3)SC2=S)cc1. The van der Waals surface area contributed by atoms with Crippen molar-refractivity contribution in [3.05, 3.63) is 93.9 Å². The van der Waals surface area contributed by atoms with Crippen LogP contribution in [-0.4, -0.2) is 24.3 Å². The Bertz CT molecular complexity index is 1180. The van der Waals surface area contributed by atoms with E-state index in [0.29, 0.717) is 20.9 Å². The van der Waals surface area contributed by atoms with Gasteiger partial charge in [-0.1, -0.05) is 65.9 Å². The maximum atomic E-state index is 13.0. The van der Waals surface area contributed by atoms with E-state index in [9.17, 15) is 4.79 Å². The van der Waals surface area contributed by atoms with Crippen molar-refractivity contribution in [2.75, 3.05) is 23.9 Å². The Morgan fingerprint density at radius 3 is 2.38 bits per heavy atom. The number of carbonyl (C=O) groups excluding carboxylic acids is 1. The van der Waals surface area contributed by atoms with Crippen molar-refractivity contribution in [1.29, 1.82) is 0 Å². The second-order valence-electron chi connectivity index (χ2n) is 7.38. The number of amides is 1. The Hall–Kier alpha value is -2.80. The number of carbonyl (C=O) groups is 1. The van der Waals surface area contributed by atoms with Gasteiger partial charge in [-0.15, -0.1) is 0 Å². The Morgan fingerprint density at radius 1 is 1.03 bits per heavy atom. The molecule has 1 aliphatic rings. The highest BCUT2D eigenvalue weighted by Crippen LogP contribution is 2.36. The summed E-state index contributed by atoms with van der Waals surface area (Å²) in [6.45, 7) is 0.393. The summed E-state index contributed by atoms with van der Waals surface area (Å²) in [5.41, 5.74) is 3.66. The molecule has 1 fully saturated rings. The molecule has 1 aliphatic heterocycles. The van der Waals surface area contributed by atoms with E-state index in [-0.39, 0.29) is 5.91 Å². The molecule has 0 bridgehead atoms. The number of thioether (sulfide) groups is 1. The van der Waals surface area contributed by atoms with Crippen LogP contribution < -0.4 is 14.5 Å². The van der Waals surface area contributed by atoms with E-state index < -0.39 is 0 Å². The highest BCUT2D eigenvalue weighted by atomic mass is 35.5. The number of halogens is 1. The molecule has 32 heavy (non-hydrogen) atoms. The van der Waals surface area contributed by atoms with Crippen LogP contribution in [0.25, 0.3) is 6.08 Å². The molecule has 1 amide bonds. The van der Waals surface area contributed by atoms with Crippen LogP contribution in [0.2, 0.25) is 5.02 Å². The Labute approximate surface area is 202 Å². The third kappa shape index (κ3) is 4.99. The molecule has 0 aliphatic carbocycles. The molecule has 0 N–H and O–H groups in total. The molecule has 0 saturated carbocycles. The minimum atomic E-state index is -0.114. The van der Waals surface area contributed by atoms with Gasteiger partial charge >= 0.3 is 0 Å². The van der Waals surface area contributed by atoms with Crippen LogP contribution in [0.5, 0.6) is 5.75 Å². The first-order valence-electron chi connectivity index (χ1n) is 9.94. The van der Waals surface area contributed by atoms with E-state index in [1.54, 1.807) is 4.90 Å². The highest BCUT2D eigenvalue weighted by molar-refractivity contribution is 8.27. The second kappa shape index (κ2) is 9.77. The van der Waals surface area contributed by atoms with Crippen molar-refractivity contribution in [2.45, 2.75) is 6.61 Å². The number of nitrogens with zero attached hydrogens (tertiary/aromatic N) is 2. The summed E-state index contributed by atoms with van der Waals surface area (Å²) in [7, 11) is 3.95. The molecule has 1 heterocycles. The van der Waals surface area contributed by atoms with Gasteiger partial charge in [-0.25, -0.2) is 0 Å². The second-order valence-corrected chi connectivity index (χ2v) is 9.46. The van der Waals surface area contributed by atoms with Gasteiger partial charge in [0.05, 0.1) is 10.6 Å². The average Bonchev–Trinajstić information content (AvgIpc) is 3.07. The number of ether oxygens (including phenoxy) is 1. The van der Waals surface area contributed by atoms with Crippen LogP contribution in [0.15, 0.2) is 77.7 Å². The van der Waals surface area contributed by atoms with Gasteiger partial charge in [0, 0.05) is 30.4 Å². The minimum absolute atomic E-state index is 0.114. The Balaban J connectivity index is 1.45. The molecule has 162 valence electrons. The van der Waals surface area contributed by atoms with Gasteiger partial charge in [-0.2, -0.15) is 0 Å². The van der Waals surface area contributed by atoms with Crippen molar-refractivity contribution in [2.24, 2.45) is 0 Å². The zero-order valence-electron chi connectivity index (χ0n) is 17.6. The molecule has 3 aromatic rings. The number of hydrogen-bond donors (Lipinski definition) is 0. The lowest BCUT2D eigenvalue weighted by molar-refractivity contribution is -0.113. The molecule has 0 aromatic heterocycles. The minimum Gasteiger partial charge on any atom is -0.489 e. The van der Waals surface area contributed by atoms with Gasteiger partial charge in [0.2, 0.25) is 0 Å². The van der Waals surface area contributed by atoms with E-state index in [4.69, 9.17) is 28.6 Å². The summed E-state index contributed by atoms with van der Waals surface area (Å²) >= 11 is 13.0. The molecule has 1 saturated heterocycles. The topological polar surface area (TPSA) is 32.8 Å². The largest absolute Gasteiger partial charge is 0.489 e. The lowest BCUT2D eigenvalue weighted by Gasteiger charge is -2.17. The first kappa shape index (κ1) is 22.4. The number of hydrogen-bond acceptors (Lipinski definition) is 5. The fourth-order valence-corrected chi connectivity index (χ4v) is 4.67. The molecule has 0 radical (unpaired) electrons. The fraction of sp³-hybridized carbons (Fsp3) is 0.120. The molecule has 7 heteroatoms. The van der Waals surface area contributed by atoms with Crippen LogP contribution in [-0.2, 0) is 11.4 Å². The third-order valence-electron chi connectivity index (χ3n) is 4.95. The van der Waals surface area contributed by atoms with Gasteiger partial charge in [0.15, 0.2) is 4.32 Å². The van der Waals surface area contributed by atoms with Crippen molar-refractivity contribution in [3.63, 3.8) is 0 Å². The Kier molecular flexibility index (Phi) is 6.84. The molecule has 0 atom stereocenters. The summed E-state index contributed by atoms with van der Waals surface area (Å²) in [5.74, 6) is 0.618. The molecule has 3 aromatic carbocycles. The lowest BCUT2D eigenvalue weighted by atomic mass is 10.2. The van der Waals surface area contributed by atoms with Crippen molar-refractivity contribution >= 4 is 63.3 Å².